The highest BCUT2D eigenvalue weighted by Gasteiger charge is 2.23. The van der Waals surface area contributed by atoms with Gasteiger partial charge in [0.1, 0.15) is 18.5 Å². The summed E-state index contributed by atoms with van der Waals surface area (Å²) in [6, 6.07) is 21.1. The fourth-order valence-corrected chi connectivity index (χ4v) is 4.74. The molecular weight excluding hydrogens is 476 g/mol. The standard InChI is InChI=1S/C33H38O5/c1-5-23-11-17-29-27(20-23)14-13-26-12-8-24(6-2)21-30(26)32(29)38-19-18-37-28-15-9-25(10-16-28)22-31(35-4)33(34)36-7-3/h8-17,20-21,31-32H,5-7,18-19,22H2,1-4H3. The molecule has 0 amide bonds. The number of hydrogen-bond acceptors (Lipinski definition) is 5. The zero-order valence-corrected chi connectivity index (χ0v) is 22.9. The maximum absolute atomic E-state index is 12.0. The summed E-state index contributed by atoms with van der Waals surface area (Å²) in [5.41, 5.74) is 8.37. The molecule has 0 N–H and O–H groups in total. The van der Waals surface area contributed by atoms with E-state index < -0.39 is 6.10 Å². The number of ether oxygens (including phenoxy) is 4. The van der Waals surface area contributed by atoms with Crippen molar-refractivity contribution in [2.45, 2.75) is 52.2 Å². The fraction of sp³-hybridized carbons (Fsp3) is 0.364. The molecule has 1 aliphatic rings. The Morgan fingerprint density at radius 3 is 2.18 bits per heavy atom. The highest BCUT2D eigenvalue weighted by Crippen LogP contribution is 2.36. The first kappa shape index (κ1) is 27.6. The molecule has 0 spiro atoms. The van der Waals surface area contributed by atoms with E-state index >= 15 is 0 Å². The van der Waals surface area contributed by atoms with E-state index in [0.717, 1.165) is 24.2 Å². The van der Waals surface area contributed by atoms with E-state index in [1.807, 2.05) is 24.3 Å². The zero-order chi connectivity index (χ0) is 26.9. The van der Waals surface area contributed by atoms with Crippen LogP contribution in [0.4, 0.5) is 0 Å². The van der Waals surface area contributed by atoms with Crippen molar-refractivity contribution >= 4 is 18.1 Å². The lowest BCUT2D eigenvalue weighted by molar-refractivity contribution is -0.154. The second-order valence-corrected chi connectivity index (χ2v) is 9.39. The van der Waals surface area contributed by atoms with E-state index in [1.165, 1.54) is 40.5 Å². The summed E-state index contributed by atoms with van der Waals surface area (Å²) in [5, 5.41) is 0. The lowest BCUT2D eigenvalue weighted by Crippen LogP contribution is -2.27. The van der Waals surface area contributed by atoms with E-state index in [2.05, 4.69) is 62.4 Å². The summed E-state index contributed by atoms with van der Waals surface area (Å²) in [6.07, 6.45) is 6.06. The molecule has 0 aromatic heterocycles. The molecule has 0 bridgehead atoms. The van der Waals surface area contributed by atoms with E-state index in [9.17, 15) is 4.79 Å². The molecule has 0 saturated heterocycles. The van der Waals surface area contributed by atoms with Gasteiger partial charge < -0.3 is 18.9 Å². The van der Waals surface area contributed by atoms with Crippen LogP contribution < -0.4 is 4.74 Å². The Labute approximate surface area is 226 Å². The highest BCUT2D eigenvalue weighted by molar-refractivity contribution is 5.77. The summed E-state index contributed by atoms with van der Waals surface area (Å²) >= 11 is 0. The van der Waals surface area contributed by atoms with Gasteiger partial charge in [-0.1, -0.05) is 74.5 Å². The first-order chi connectivity index (χ1) is 18.6. The van der Waals surface area contributed by atoms with Gasteiger partial charge in [0.05, 0.1) is 13.2 Å². The van der Waals surface area contributed by atoms with Crippen LogP contribution in [0.3, 0.4) is 0 Å². The SMILES string of the molecule is CCOC(=O)C(Cc1ccc(OCCOC2c3ccc(CC)cc3C=Cc3ccc(CC)cc32)cc1)OC. The zero-order valence-electron chi connectivity index (χ0n) is 22.9. The van der Waals surface area contributed by atoms with E-state index in [1.54, 1.807) is 6.92 Å². The van der Waals surface area contributed by atoms with Gasteiger partial charge in [0.2, 0.25) is 0 Å². The number of methoxy groups -OCH3 is 1. The Balaban J connectivity index is 1.41. The molecule has 2 atom stereocenters. The summed E-state index contributed by atoms with van der Waals surface area (Å²) in [4.78, 5) is 12.0. The Kier molecular flexibility index (Phi) is 9.74. The van der Waals surface area contributed by atoms with Gasteiger partial charge >= 0.3 is 5.97 Å². The van der Waals surface area contributed by atoms with Crippen molar-refractivity contribution in [2.75, 3.05) is 26.9 Å². The summed E-state index contributed by atoms with van der Waals surface area (Å²) in [7, 11) is 1.52. The molecule has 0 saturated carbocycles. The molecular formula is C33H38O5. The predicted molar refractivity (Wildman–Crippen MR) is 151 cm³/mol. The van der Waals surface area contributed by atoms with Gasteiger partial charge in [-0.2, -0.15) is 0 Å². The second kappa shape index (κ2) is 13.4. The number of aryl methyl sites for hydroxylation is 2. The first-order valence-corrected chi connectivity index (χ1v) is 13.5. The molecule has 0 heterocycles. The normalized spacial score (nSPS) is 14.8. The maximum atomic E-state index is 12.0. The quantitative estimate of drug-likeness (QED) is 0.201. The maximum Gasteiger partial charge on any atom is 0.335 e. The van der Waals surface area contributed by atoms with Gasteiger partial charge in [-0.15, -0.1) is 0 Å². The van der Waals surface area contributed by atoms with Crippen molar-refractivity contribution in [1.29, 1.82) is 0 Å². The Bertz CT molecular complexity index is 1240. The van der Waals surface area contributed by atoms with Crippen molar-refractivity contribution in [3.05, 3.63) is 99.6 Å². The van der Waals surface area contributed by atoms with Gasteiger partial charge in [-0.25, -0.2) is 4.79 Å². The van der Waals surface area contributed by atoms with Crippen molar-refractivity contribution in [3.63, 3.8) is 0 Å². The molecule has 3 aromatic carbocycles. The van der Waals surface area contributed by atoms with E-state index in [4.69, 9.17) is 18.9 Å². The molecule has 38 heavy (non-hydrogen) atoms. The fourth-order valence-electron chi connectivity index (χ4n) is 4.74. The average molecular weight is 515 g/mol. The molecule has 3 aromatic rings. The topological polar surface area (TPSA) is 54.0 Å². The average Bonchev–Trinajstić information content (AvgIpc) is 3.10. The lowest BCUT2D eigenvalue weighted by Gasteiger charge is -2.22. The van der Waals surface area contributed by atoms with Gasteiger partial charge in [0.15, 0.2) is 6.10 Å². The number of esters is 1. The smallest absolute Gasteiger partial charge is 0.335 e. The molecule has 0 radical (unpaired) electrons. The first-order valence-electron chi connectivity index (χ1n) is 13.5. The number of fused-ring (bicyclic) bond motifs is 2. The largest absolute Gasteiger partial charge is 0.491 e. The molecule has 0 aliphatic heterocycles. The summed E-state index contributed by atoms with van der Waals surface area (Å²) in [5.74, 6) is 0.410. The second-order valence-electron chi connectivity index (χ2n) is 9.39. The summed E-state index contributed by atoms with van der Waals surface area (Å²) < 4.78 is 22.9. The third kappa shape index (κ3) is 6.72. The number of carbonyl (C=O) groups excluding carboxylic acids is 1. The number of rotatable bonds is 12. The summed E-state index contributed by atoms with van der Waals surface area (Å²) in [6.45, 7) is 7.36. The minimum Gasteiger partial charge on any atom is -0.491 e. The van der Waals surface area contributed by atoms with Gasteiger partial charge in [-0.3, -0.25) is 0 Å². The number of hydrogen-bond donors (Lipinski definition) is 0. The Morgan fingerprint density at radius 1 is 0.789 bits per heavy atom. The molecule has 200 valence electrons. The van der Waals surface area contributed by atoms with Crippen LogP contribution in [0.1, 0.15) is 65.8 Å². The Hall–Kier alpha value is -3.41. The van der Waals surface area contributed by atoms with Crippen molar-refractivity contribution in [3.8, 4) is 5.75 Å². The van der Waals surface area contributed by atoms with Crippen LogP contribution in [0.2, 0.25) is 0 Å². The highest BCUT2D eigenvalue weighted by atomic mass is 16.6. The van der Waals surface area contributed by atoms with Crippen LogP contribution in [-0.4, -0.2) is 39.0 Å². The molecule has 1 aliphatic carbocycles. The van der Waals surface area contributed by atoms with Gasteiger partial charge in [0.25, 0.3) is 0 Å². The predicted octanol–water partition coefficient (Wildman–Crippen LogP) is 6.60. The van der Waals surface area contributed by atoms with Crippen LogP contribution in [0, 0.1) is 0 Å². The third-order valence-corrected chi connectivity index (χ3v) is 6.94. The van der Waals surface area contributed by atoms with Crippen LogP contribution in [0.25, 0.3) is 12.2 Å². The van der Waals surface area contributed by atoms with Crippen LogP contribution in [0.5, 0.6) is 5.75 Å². The molecule has 0 fully saturated rings. The third-order valence-electron chi connectivity index (χ3n) is 6.94. The number of benzene rings is 3. The lowest BCUT2D eigenvalue weighted by atomic mass is 9.93. The Morgan fingerprint density at radius 2 is 1.47 bits per heavy atom. The molecule has 2 unspecified atom stereocenters. The number of carbonyl (C=O) groups is 1. The van der Waals surface area contributed by atoms with E-state index in [-0.39, 0.29) is 12.1 Å². The minimum atomic E-state index is -0.614. The molecule has 5 nitrogen and oxygen atoms in total. The van der Waals surface area contributed by atoms with Crippen molar-refractivity contribution in [2.24, 2.45) is 0 Å². The molecule has 4 rings (SSSR count). The monoisotopic (exact) mass is 514 g/mol. The van der Waals surface area contributed by atoms with Crippen LogP contribution in [-0.2, 0) is 38.3 Å². The van der Waals surface area contributed by atoms with Gasteiger partial charge in [-0.05, 0) is 70.8 Å². The van der Waals surface area contributed by atoms with Crippen molar-refractivity contribution < 1.29 is 23.7 Å². The van der Waals surface area contributed by atoms with Crippen LogP contribution in [0.15, 0.2) is 60.7 Å². The van der Waals surface area contributed by atoms with E-state index in [0.29, 0.717) is 26.2 Å². The van der Waals surface area contributed by atoms with Crippen molar-refractivity contribution in [1.82, 2.24) is 0 Å². The van der Waals surface area contributed by atoms with Crippen LogP contribution >= 0.6 is 0 Å². The molecule has 5 heteroatoms. The van der Waals surface area contributed by atoms with Gasteiger partial charge in [0, 0.05) is 13.5 Å². The minimum absolute atomic E-state index is 0.160.